The van der Waals surface area contributed by atoms with E-state index < -0.39 is 29.3 Å². The number of carbonyl (C=O) groups is 2. The molecule has 0 saturated carbocycles. The summed E-state index contributed by atoms with van der Waals surface area (Å²) in [5.41, 5.74) is -1.68. The fraction of sp³-hybridized carbons (Fsp3) is 0.467. The number of para-hydroxylation sites is 1. The van der Waals surface area contributed by atoms with Gasteiger partial charge in [-0.3, -0.25) is 4.90 Å². The van der Waals surface area contributed by atoms with Crippen molar-refractivity contribution in [3.05, 3.63) is 29.8 Å². The summed E-state index contributed by atoms with van der Waals surface area (Å²) in [6.07, 6.45) is -4.57. The molecular weight excluding hydrogens is 311 g/mol. The molecule has 126 valence electrons. The number of nitrogens with one attached hydrogen (secondary N) is 1. The number of urea groups is 2. The third-order valence-electron chi connectivity index (χ3n) is 3.24. The molecule has 4 amide bonds. The van der Waals surface area contributed by atoms with Gasteiger partial charge in [-0.15, -0.1) is 0 Å². The van der Waals surface area contributed by atoms with E-state index in [2.05, 4.69) is 5.32 Å². The second-order valence-corrected chi connectivity index (χ2v) is 6.28. The van der Waals surface area contributed by atoms with Crippen LogP contribution in [0.5, 0.6) is 0 Å². The van der Waals surface area contributed by atoms with E-state index in [0.717, 1.165) is 15.9 Å². The van der Waals surface area contributed by atoms with Gasteiger partial charge in [0.15, 0.2) is 0 Å². The molecule has 23 heavy (non-hydrogen) atoms. The minimum atomic E-state index is -4.57. The molecule has 1 aliphatic rings. The van der Waals surface area contributed by atoms with Crippen LogP contribution in [0.3, 0.4) is 0 Å². The molecule has 0 bridgehead atoms. The summed E-state index contributed by atoms with van der Waals surface area (Å²) >= 11 is 0. The summed E-state index contributed by atoms with van der Waals surface area (Å²) in [6, 6.07) is 3.46. The van der Waals surface area contributed by atoms with E-state index in [0.29, 0.717) is 0 Å². The summed E-state index contributed by atoms with van der Waals surface area (Å²) in [7, 11) is 0. The molecule has 0 atom stereocenters. The predicted molar refractivity (Wildman–Crippen MR) is 79.2 cm³/mol. The number of amides is 4. The standard InChI is InChI=1S/C15H18F3N3O2/c1-14(2,3)19-12(22)21-9-8-20(13(21)23)11-7-5-4-6-10(11)15(16,17)18/h4-7H,8-9H2,1-3H3,(H,19,22). The van der Waals surface area contributed by atoms with E-state index in [1.807, 2.05) is 0 Å². The molecule has 1 aliphatic heterocycles. The highest BCUT2D eigenvalue weighted by Gasteiger charge is 2.40. The lowest BCUT2D eigenvalue weighted by Crippen LogP contribution is -2.49. The van der Waals surface area contributed by atoms with E-state index >= 15 is 0 Å². The Morgan fingerprint density at radius 1 is 1.13 bits per heavy atom. The zero-order valence-corrected chi connectivity index (χ0v) is 13.1. The van der Waals surface area contributed by atoms with Crippen LogP contribution < -0.4 is 10.2 Å². The minimum Gasteiger partial charge on any atom is -0.333 e. The Morgan fingerprint density at radius 2 is 1.74 bits per heavy atom. The molecule has 0 aliphatic carbocycles. The molecule has 1 aromatic rings. The van der Waals surface area contributed by atoms with E-state index in [-0.39, 0.29) is 18.8 Å². The maximum atomic E-state index is 13.1. The van der Waals surface area contributed by atoms with E-state index in [4.69, 9.17) is 0 Å². The van der Waals surface area contributed by atoms with Crippen LogP contribution >= 0.6 is 0 Å². The number of rotatable bonds is 1. The molecule has 8 heteroatoms. The Morgan fingerprint density at radius 3 is 2.30 bits per heavy atom. The van der Waals surface area contributed by atoms with Crippen molar-refractivity contribution >= 4 is 17.7 Å². The van der Waals surface area contributed by atoms with Gasteiger partial charge in [0.25, 0.3) is 0 Å². The molecule has 1 aromatic carbocycles. The van der Waals surface area contributed by atoms with Crippen molar-refractivity contribution in [2.45, 2.75) is 32.5 Å². The maximum absolute atomic E-state index is 13.1. The number of halogens is 3. The normalized spacial score (nSPS) is 16.0. The van der Waals surface area contributed by atoms with Crippen molar-refractivity contribution in [3.8, 4) is 0 Å². The molecule has 0 aromatic heterocycles. The average molecular weight is 329 g/mol. The van der Waals surface area contributed by atoms with Gasteiger partial charge in [0.2, 0.25) is 0 Å². The van der Waals surface area contributed by atoms with Gasteiger partial charge in [-0.05, 0) is 32.9 Å². The number of alkyl halides is 3. The van der Waals surface area contributed by atoms with Gasteiger partial charge in [0, 0.05) is 12.1 Å². The summed E-state index contributed by atoms with van der Waals surface area (Å²) in [4.78, 5) is 26.3. The first kappa shape index (κ1) is 17.1. The number of carbonyl (C=O) groups excluding carboxylic acids is 2. The first-order chi connectivity index (χ1) is 10.5. The summed E-state index contributed by atoms with van der Waals surface area (Å²) in [6.45, 7) is 5.31. The van der Waals surface area contributed by atoms with E-state index in [1.165, 1.54) is 18.2 Å². The van der Waals surface area contributed by atoms with Crippen molar-refractivity contribution < 1.29 is 22.8 Å². The summed E-state index contributed by atoms with van der Waals surface area (Å²) < 4.78 is 39.2. The monoisotopic (exact) mass is 329 g/mol. The molecule has 2 rings (SSSR count). The third-order valence-corrected chi connectivity index (χ3v) is 3.24. The molecule has 0 spiro atoms. The fourth-order valence-electron chi connectivity index (χ4n) is 2.29. The third kappa shape index (κ3) is 3.75. The summed E-state index contributed by atoms with van der Waals surface area (Å²) in [5, 5.41) is 2.63. The first-order valence-electron chi connectivity index (χ1n) is 7.08. The smallest absolute Gasteiger partial charge is 0.333 e. The molecule has 1 N–H and O–H groups in total. The van der Waals surface area contributed by atoms with Crippen LogP contribution in [0.1, 0.15) is 26.3 Å². The average Bonchev–Trinajstić information content (AvgIpc) is 2.77. The number of hydrogen-bond donors (Lipinski definition) is 1. The highest BCUT2D eigenvalue weighted by Crippen LogP contribution is 2.37. The lowest BCUT2D eigenvalue weighted by atomic mass is 10.1. The van der Waals surface area contributed by atoms with Crippen LogP contribution in [0.15, 0.2) is 24.3 Å². The van der Waals surface area contributed by atoms with Crippen molar-refractivity contribution in [3.63, 3.8) is 0 Å². The zero-order chi connectivity index (χ0) is 17.4. The highest BCUT2D eigenvalue weighted by molar-refractivity contribution is 6.04. The first-order valence-corrected chi connectivity index (χ1v) is 7.08. The van der Waals surface area contributed by atoms with Crippen LogP contribution in [-0.4, -0.2) is 35.6 Å². The van der Waals surface area contributed by atoms with Crippen LogP contribution in [0.25, 0.3) is 0 Å². The highest BCUT2D eigenvalue weighted by atomic mass is 19.4. The van der Waals surface area contributed by atoms with Gasteiger partial charge in [-0.2, -0.15) is 13.2 Å². The Bertz CT molecular complexity index is 623. The summed E-state index contributed by atoms with van der Waals surface area (Å²) in [5.74, 6) is 0. The fourth-order valence-corrected chi connectivity index (χ4v) is 2.29. The predicted octanol–water partition coefficient (Wildman–Crippen LogP) is 3.46. The quantitative estimate of drug-likeness (QED) is 0.858. The Balaban J connectivity index is 2.25. The molecule has 5 nitrogen and oxygen atoms in total. The second-order valence-electron chi connectivity index (χ2n) is 6.28. The Kier molecular flexibility index (Phi) is 4.28. The van der Waals surface area contributed by atoms with Gasteiger partial charge in [0.05, 0.1) is 17.8 Å². The maximum Gasteiger partial charge on any atom is 0.418 e. The van der Waals surface area contributed by atoms with Crippen molar-refractivity contribution in [2.75, 3.05) is 18.0 Å². The lowest BCUT2D eigenvalue weighted by Gasteiger charge is -2.25. The second kappa shape index (κ2) is 5.75. The topological polar surface area (TPSA) is 52.7 Å². The number of hydrogen-bond acceptors (Lipinski definition) is 2. The molecular formula is C15H18F3N3O2. The van der Waals surface area contributed by atoms with Gasteiger partial charge in [-0.1, -0.05) is 12.1 Å². The largest absolute Gasteiger partial charge is 0.418 e. The molecule has 0 radical (unpaired) electrons. The van der Waals surface area contributed by atoms with Crippen LogP contribution in [0, 0.1) is 0 Å². The zero-order valence-electron chi connectivity index (χ0n) is 13.1. The molecule has 1 heterocycles. The SMILES string of the molecule is CC(C)(C)NC(=O)N1CCN(c2ccccc2C(F)(F)F)C1=O. The van der Waals surface area contributed by atoms with Crippen LogP contribution in [0.2, 0.25) is 0 Å². The molecule has 1 fully saturated rings. The van der Waals surface area contributed by atoms with Crippen molar-refractivity contribution in [1.82, 2.24) is 10.2 Å². The molecule has 1 saturated heterocycles. The van der Waals surface area contributed by atoms with E-state index in [9.17, 15) is 22.8 Å². The number of benzene rings is 1. The minimum absolute atomic E-state index is 0.0174. The van der Waals surface area contributed by atoms with Gasteiger partial charge >= 0.3 is 18.2 Å². The molecule has 0 unspecified atom stereocenters. The van der Waals surface area contributed by atoms with Crippen LogP contribution in [-0.2, 0) is 6.18 Å². The van der Waals surface area contributed by atoms with Gasteiger partial charge in [0.1, 0.15) is 0 Å². The van der Waals surface area contributed by atoms with Crippen LogP contribution in [0.4, 0.5) is 28.4 Å². The van der Waals surface area contributed by atoms with Gasteiger partial charge < -0.3 is 5.32 Å². The number of imide groups is 1. The van der Waals surface area contributed by atoms with E-state index in [1.54, 1.807) is 20.8 Å². The Hall–Kier alpha value is -2.25. The van der Waals surface area contributed by atoms with Crippen molar-refractivity contribution in [2.24, 2.45) is 0 Å². The number of nitrogens with zero attached hydrogens (tertiary/aromatic N) is 2. The Labute approximate surface area is 132 Å². The lowest BCUT2D eigenvalue weighted by molar-refractivity contribution is -0.137. The van der Waals surface area contributed by atoms with Gasteiger partial charge in [-0.25, -0.2) is 14.5 Å². The van der Waals surface area contributed by atoms with Crippen molar-refractivity contribution in [1.29, 1.82) is 0 Å². The number of anilines is 1.